The lowest BCUT2D eigenvalue weighted by molar-refractivity contribution is 0.160. The number of nitrogens with zero attached hydrogens (tertiary/aromatic N) is 3. The third-order valence-corrected chi connectivity index (χ3v) is 4.15. The van der Waals surface area contributed by atoms with Gasteiger partial charge in [-0.15, -0.1) is 12.4 Å². The summed E-state index contributed by atoms with van der Waals surface area (Å²) in [7, 11) is 2.07. The van der Waals surface area contributed by atoms with Gasteiger partial charge in [0.15, 0.2) is 0 Å². The zero-order valence-electron chi connectivity index (χ0n) is 11.8. The molecule has 3 rings (SSSR count). The van der Waals surface area contributed by atoms with Crippen molar-refractivity contribution >= 4 is 35.0 Å². The highest BCUT2D eigenvalue weighted by Crippen LogP contribution is 2.20. The smallest absolute Gasteiger partial charge is 0.123 e. The first kappa shape index (κ1) is 15.6. The Hall–Kier alpha value is -0.810. The third kappa shape index (κ3) is 2.93. The molecule has 1 aromatic carbocycles. The van der Waals surface area contributed by atoms with Gasteiger partial charge < -0.3 is 9.88 Å². The molecule has 6 heteroatoms. The van der Waals surface area contributed by atoms with E-state index in [-0.39, 0.29) is 12.4 Å². The van der Waals surface area contributed by atoms with Crippen LogP contribution >= 0.6 is 24.0 Å². The van der Waals surface area contributed by atoms with Gasteiger partial charge in [0.1, 0.15) is 5.82 Å². The summed E-state index contributed by atoms with van der Waals surface area (Å²) in [5.74, 6) is 1.10. The predicted octanol–water partition coefficient (Wildman–Crippen LogP) is 2.44. The maximum atomic E-state index is 6.03. The Morgan fingerprint density at radius 1 is 1.45 bits per heavy atom. The van der Waals surface area contributed by atoms with E-state index in [9.17, 15) is 0 Å². The van der Waals surface area contributed by atoms with Crippen molar-refractivity contribution in [2.75, 3.05) is 19.6 Å². The Labute approximate surface area is 130 Å². The summed E-state index contributed by atoms with van der Waals surface area (Å²) in [6, 6.07) is 6.44. The van der Waals surface area contributed by atoms with E-state index < -0.39 is 0 Å². The van der Waals surface area contributed by atoms with Gasteiger partial charge in [0.05, 0.1) is 17.6 Å². The fraction of sp³-hybridized carbons (Fsp3) is 0.500. The first-order chi connectivity index (χ1) is 9.15. The fourth-order valence-corrected chi connectivity index (χ4v) is 2.83. The zero-order chi connectivity index (χ0) is 13.4. The lowest BCUT2D eigenvalue weighted by Crippen LogP contribution is -2.49. The van der Waals surface area contributed by atoms with Gasteiger partial charge in [-0.3, -0.25) is 4.90 Å². The summed E-state index contributed by atoms with van der Waals surface area (Å²) in [5, 5.41) is 4.16. The highest BCUT2D eigenvalue weighted by molar-refractivity contribution is 6.31. The van der Waals surface area contributed by atoms with Crippen LogP contribution in [0.15, 0.2) is 18.2 Å². The second-order valence-electron chi connectivity index (χ2n) is 5.24. The summed E-state index contributed by atoms with van der Waals surface area (Å²) in [5.41, 5.74) is 2.12. The SMILES string of the molecule is C[C@@H]1CNCCN1Cc1nc2cc(Cl)ccc2n1C.Cl. The third-order valence-electron chi connectivity index (χ3n) is 3.92. The minimum absolute atomic E-state index is 0. The van der Waals surface area contributed by atoms with Crippen LogP contribution in [0.3, 0.4) is 0 Å². The monoisotopic (exact) mass is 314 g/mol. The quantitative estimate of drug-likeness (QED) is 0.924. The number of aromatic nitrogens is 2. The minimum Gasteiger partial charge on any atom is -0.330 e. The van der Waals surface area contributed by atoms with Crippen LogP contribution in [0.4, 0.5) is 0 Å². The summed E-state index contributed by atoms with van der Waals surface area (Å²) < 4.78 is 2.17. The van der Waals surface area contributed by atoms with Crippen LogP contribution in [0.2, 0.25) is 5.02 Å². The van der Waals surface area contributed by atoms with Crippen LogP contribution in [-0.2, 0) is 13.6 Å². The topological polar surface area (TPSA) is 33.1 Å². The second kappa shape index (κ2) is 6.31. The molecule has 0 amide bonds. The molecule has 0 bridgehead atoms. The van der Waals surface area contributed by atoms with E-state index in [0.29, 0.717) is 6.04 Å². The minimum atomic E-state index is 0. The summed E-state index contributed by atoms with van der Waals surface area (Å²) in [6.07, 6.45) is 0. The average molecular weight is 315 g/mol. The molecular weight excluding hydrogens is 295 g/mol. The number of halogens is 2. The molecule has 0 saturated carbocycles. The number of aryl methyl sites for hydroxylation is 1. The molecule has 4 nitrogen and oxygen atoms in total. The lowest BCUT2D eigenvalue weighted by Gasteiger charge is -2.33. The molecule has 1 atom stereocenters. The number of rotatable bonds is 2. The lowest BCUT2D eigenvalue weighted by atomic mass is 10.2. The van der Waals surface area contributed by atoms with Gasteiger partial charge in [0.25, 0.3) is 0 Å². The van der Waals surface area contributed by atoms with Crippen LogP contribution < -0.4 is 5.32 Å². The van der Waals surface area contributed by atoms with Crippen LogP contribution in [-0.4, -0.2) is 40.1 Å². The molecule has 2 heterocycles. The Morgan fingerprint density at radius 2 is 2.25 bits per heavy atom. The van der Waals surface area contributed by atoms with Gasteiger partial charge in [0.2, 0.25) is 0 Å². The van der Waals surface area contributed by atoms with Crippen LogP contribution in [0.25, 0.3) is 11.0 Å². The maximum absolute atomic E-state index is 6.03. The first-order valence-electron chi connectivity index (χ1n) is 6.71. The standard InChI is InChI=1S/C14H19ClN4.ClH/c1-10-8-16-5-6-19(10)9-14-17-12-7-11(15)3-4-13(12)18(14)2;/h3-4,7,10,16H,5-6,8-9H2,1-2H3;1H/t10-;/m1./s1. The van der Waals surface area contributed by atoms with Crippen molar-refractivity contribution < 1.29 is 0 Å². The van der Waals surface area contributed by atoms with E-state index in [2.05, 4.69) is 28.8 Å². The zero-order valence-corrected chi connectivity index (χ0v) is 13.3. The van der Waals surface area contributed by atoms with Gasteiger partial charge in [-0.05, 0) is 25.1 Å². The summed E-state index contributed by atoms with van der Waals surface area (Å²) >= 11 is 6.03. The van der Waals surface area contributed by atoms with Crippen LogP contribution in [0, 0.1) is 0 Å². The Kier molecular flexibility index (Phi) is 4.91. The van der Waals surface area contributed by atoms with Gasteiger partial charge in [-0.25, -0.2) is 4.98 Å². The molecule has 1 N–H and O–H groups in total. The van der Waals surface area contributed by atoms with Gasteiger partial charge in [0, 0.05) is 37.7 Å². The van der Waals surface area contributed by atoms with Gasteiger partial charge >= 0.3 is 0 Å². The molecule has 1 aliphatic heterocycles. The number of hydrogen-bond acceptors (Lipinski definition) is 3. The molecule has 1 fully saturated rings. The van der Waals surface area contributed by atoms with Crippen molar-refractivity contribution in [2.45, 2.75) is 19.5 Å². The maximum Gasteiger partial charge on any atom is 0.123 e. The molecule has 0 aliphatic carbocycles. The molecule has 2 aromatic rings. The molecule has 0 spiro atoms. The largest absolute Gasteiger partial charge is 0.330 e. The Morgan fingerprint density at radius 3 is 3.00 bits per heavy atom. The second-order valence-corrected chi connectivity index (χ2v) is 5.68. The molecule has 0 unspecified atom stereocenters. The van der Waals surface area contributed by atoms with E-state index in [1.165, 1.54) is 0 Å². The van der Waals surface area contributed by atoms with Crippen molar-refractivity contribution in [2.24, 2.45) is 7.05 Å². The number of nitrogens with one attached hydrogen (secondary N) is 1. The van der Waals surface area contributed by atoms with E-state index in [0.717, 1.165) is 48.1 Å². The van der Waals surface area contributed by atoms with Crippen LogP contribution in [0.5, 0.6) is 0 Å². The number of hydrogen-bond donors (Lipinski definition) is 1. The van der Waals surface area contributed by atoms with E-state index >= 15 is 0 Å². The number of imidazole rings is 1. The van der Waals surface area contributed by atoms with Crippen molar-refractivity contribution in [1.29, 1.82) is 0 Å². The molecule has 1 aromatic heterocycles. The molecular formula is C14H20Cl2N4. The van der Waals surface area contributed by atoms with Gasteiger partial charge in [-0.1, -0.05) is 11.6 Å². The molecule has 1 aliphatic rings. The van der Waals surface area contributed by atoms with E-state index in [1.54, 1.807) is 0 Å². The van der Waals surface area contributed by atoms with Crippen molar-refractivity contribution in [3.05, 3.63) is 29.0 Å². The number of fused-ring (bicyclic) bond motifs is 1. The number of piperazine rings is 1. The van der Waals surface area contributed by atoms with E-state index in [4.69, 9.17) is 16.6 Å². The Bertz CT molecular complexity index is 596. The van der Waals surface area contributed by atoms with Crippen molar-refractivity contribution in [1.82, 2.24) is 19.8 Å². The average Bonchev–Trinajstić information content (AvgIpc) is 2.68. The van der Waals surface area contributed by atoms with Crippen LogP contribution in [0.1, 0.15) is 12.7 Å². The normalized spacial score (nSPS) is 20.1. The highest BCUT2D eigenvalue weighted by atomic mass is 35.5. The first-order valence-corrected chi connectivity index (χ1v) is 7.08. The van der Waals surface area contributed by atoms with Crippen molar-refractivity contribution in [3.63, 3.8) is 0 Å². The Balaban J connectivity index is 0.00000147. The fourth-order valence-electron chi connectivity index (χ4n) is 2.66. The van der Waals surface area contributed by atoms with E-state index in [1.807, 2.05) is 18.2 Å². The molecule has 20 heavy (non-hydrogen) atoms. The molecule has 1 saturated heterocycles. The molecule has 110 valence electrons. The van der Waals surface area contributed by atoms with Gasteiger partial charge in [-0.2, -0.15) is 0 Å². The van der Waals surface area contributed by atoms with Crippen molar-refractivity contribution in [3.8, 4) is 0 Å². The predicted molar refractivity (Wildman–Crippen MR) is 85.7 cm³/mol. The molecule has 0 radical (unpaired) electrons. The number of benzene rings is 1. The highest BCUT2D eigenvalue weighted by Gasteiger charge is 2.20. The summed E-state index contributed by atoms with van der Waals surface area (Å²) in [4.78, 5) is 7.19. The summed E-state index contributed by atoms with van der Waals surface area (Å²) in [6.45, 7) is 6.33.